The number of carbonyl (C=O) groups is 1. The second kappa shape index (κ2) is 7.82. The predicted molar refractivity (Wildman–Crippen MR) is 99.5 cm³/mol. The van der Waals surface area contributed by atoms with E-state index in [2.05, 4.69) is 10.6 Å². The van der Waals surface area contributed by atoms with Crippen LogP contribution in [0.1, 0.15) is 26.3 Å². The van der Waals surface area contributed by atoms with E-state index in [1.54, 1.807) is 6.92 Å². The molecule has 27 heavy (non-hydrogen) atoms. The van der Waals surface area contributed by atoms with Gasteiger partial charge in [0.2, 0.25) is 5.91 Å². The molecular formula is C20H22F2N2O3. The number of fused-ring (bicyclic) bond motifs is 1. The average Bonchev–Trinajstić information content (AvgIpc) is 2.97. The van der Waals surface area contributed by atoms with Gasteiger partial charge in [0, 0.05) is 29.8 Å². The van der Waals surface area contributed by atoms with Gasteiger partial charge in [-0.1, -0.05) is 0 Å². The summed E-state index contributed by atoms with van der Waals surface area (Å²) in [6.45, 7) is 6.03. The fourth-order valence-corrected chi connectivity index (χ4v) is 2.95. The van der Waals surface area contributed by atoms with E-state index in [1.165, 1.54) is 6.07 Å². The van der Waals surface area contributed by atoms with Crippen LogP contribution in [0.15, 0.2) is 30.3 Å². The zero-order valence-electron chi connectivity index (χ0n) is 15.4. The molecule has 0 fully saturated rings. The van der Waals surface area contributed by atoms with E-state index >= 15 is 0 Å². The van der Waals surface area contributed by atoms with E-state index in [-0.39, 0.29) is 11.8 Å². The van der Waals surface area contributed by atoms with Crippen molar-refractivity contribution in [2.24, 2.45) is 0 Å². The maximum absolute atomic E-state index is 13.3. The summed E-state index contributed by atoms with van der Waals surface area (Å²) < 4.78 is 37.8. The molecule has 0 aromatic heterocycles. The Balaban J connectivity index is 1.74. The van der Waals surface area contributed by atoms with Crippen LogP contribution in [0.4, 0.5) is 20.2 Å². The Labute approximate surface area is 156 Å². The molecule has 0 spiro atoms. The SMILES string of the molecule is CCOc1cc2c(cc1N[C@@H](C)C(=O)Nc1ccc(F)c(F)c1)O[C@@H](C)C2. The molecule has 1 amide bonds. The lowest BCUT2D eigenvalue weighted by Crippen LogP contribution is -2.32. The number of hydrogen-bond acceptors (Lipinski definition) is 4. The first-order valence-corrected chi connectivity index (χ1v) is 8.86. The minimum Gasteiger partial charge on any atom is -0.492 e. The fourth-order valence-electron chi connectivity index (χ4n) is 2.95. The maximum atomic E-state index is 13.3. The summed E-state index contributed by atoms with van der Waals surface area (Å²) in [7, 11) is 0. The molecule has 2 aromatic rings. The van der Waals surface area contributed by atoms with Crippen molar-refractivity contribution in [3.05, 3.63) is 47.5 Å². The smallest absolute Gasteiger partial charge is 0.246 e. The van der Waals surface area contributed by atoms with Crippen molar-refractivity contribution in [2.45, 2.75) is 39.3 Å². The third-order valence-corrected chi connectivity index (χ3v) is 4.25. The molecule has 0 radical (unpaired) electrons. The molecule has 0 saturated heterocycles. The largest absolute Gasteiger partial charge is 0.492 e. The van der Waals surface area contributed by atoms with Crippen LogP contribution in [0.5, 0.6) is 11.5 Å². The summed E-state index contributed by atoms with van der Waals surface area (Å²) in [6.07, 6.45) is 0.904. The maximum Gasteiger partial charge on any atom is 0.246 e. The van der Waals surface area contributed by atoms with E-state index in [0.717, 1.165) is 29.9 Å². The van der Waals surface area contributed by atoms with Crippen LogP contribution in [0.3, 0.4) is 0 Å². The summed E-state index contributed by atoms with van der Waals surface area (Å²) >= 11 is 0. The zero-order chi connectivity index (χ0) is 19.6. The van der Waals surface area contributed by atoms with Crippen LogP contribution >= 0.6 is 0 Å². The molecule has 0 aliphatic carbocycles. The average molecular weight is 376 g/mol. The Morgan fingerprint density at radius 1 is 1.30 bits per heavy atom. The third kappa shape index (κ3) is 4.30. The summed E-state index contributed by atoms with van der Waals surface area (Å²) in [4.78, 5) is 12.4. The highest BCUT2D eigenvalue weighted by Gasteiger charge is 2.23. The molecule has 5 nitrogen and oxygen atoms in total. The van der Waals surface area contributed by atoms with Crippen LogP contribution in [0.2, 0.25) is 0 Å². The quantitative estimate of drug-likeness (QED) is 0.796. The first-order chi connectivity index (χ1) is 12.9. The third-order valence-electron chi connectivity index (χ3n) is 4.25. The van der Waals surface area contributed by atoms with Crippen molar-refractivity contribution in [1.82, 2.24) is 0 Å². The van der Waals surface area contributed by atoms with Crippen LogP contribution in [-0.2, 0) is 11.2 Å². The Morgan fingerprint density at radius 3 is 2.78 bits per heavy atom. The molecule has 2 atom stereocenters. The normalized spacial score (nSPS) is 16.3. The van der Waals surface area contributed by atoms with Crippen molar-refractivity contribution in [1.29, 1.82) is 0 Å². The van der Waals surface area contributed by atoms with Gasteiger partial charge >= 0.3 is 0 Å². The Morgan fingerprint density at radius 2 is 2.07 bits per heavy atom. The van der Waals surface area contributed by atoms with Gasteiger partial charge in [0.25, 0.3) is 0 Å². The van der Waals surface area contributed by atoms with Crippen molar-refractivity contribution in [3.63, 3.8) is 0 Å². The fraction of sp³-hybridized carbons (Fsp3) is 0.350. The molecule has 1 heterocycles. The minimum atomic E-state index is -1.02. The second-order valence-corrected chi connectivity index (χ2v) is 6.51. The number of rotatable bonds is 6. The van der Waals surface area contributed by atoms with Gasteiger partial charge in [-0.25, -0.2) is 8.78 Å². The highest BCUT2D eigenvalue weighted by Crippen LogP contribution is 2.38. The van der Waals surface area contributed by atoms with E-state index in [1.807, 2.05) is 26.0 Å². The standard InChI is InChI=1S/C20H22F2N2O3/c1-4-26-19-8-13-7-11(2)27-18(13)10-17(19)23-12(3)20(25)24-14-5-6-15(21)16(22)9-14/h5-6,8-12,23H,4,7H2,1-3H3,(H,24,25)/t11-,12-/m0/s1. The first kappa shape index (κ1) is 18.9. The van der Waals surface area contributed by atoms with Crippen LogP contribution < -0.4 is 20.1 Å². The number of halogens is 2. The molecule has 2 N–H and O–H groups in total. The lowest BCUT2D eigenvalue weighted by Gasteiger charge is -2.19. The van der Waals surface area contributed by atoms with E-state index in [9.17, 15) is 13.6 Å². The van der Waals surface area contributed by atoms with Gasteiger partial charge in [0.05, 0.1) is 12.3 Å². The van der Waals surface area contributed by atoms with Gasteiger partial charge in [-0.05, 0) is 39.0 Å². The lowest BCUT2D eigenvalue weighted by molar-refractivity contribution is -0.116. The van der Waals surface area contributed by atoms with Crippen LogP contribution in [0, 0.1) is 11.6 Å². The van der Waals surface area contributed by atoms with Crippen molar-refractivity contribution in [2.75, 3.05) is 17.2 Å². The van der Waals surface area contributed by atoms with Crippen LogP contribution in [-0.4, -0.2) is 24.7 Å². The first-order valence-electron chi connectivity index (χ1n) is 8.86. The Hall–Kier alpha value is -2.83. The number of hydrogen-bond donors (Lipinski definition) is 2. The number of amides is 1. The van der Waals surface area contributed by atoms with E-state index in [4.69, 9.17) is 9.47 Å². The molecular weight excluding hydrogens is 354 g/mol. The Kier molecular flexibility index (Phi) is 5.48. The number of anilines is 2. The zero-order valence-corrected chi connectivity index (χ0v) is 15.4. The van der Waals surface area contributed by atoms with Gasteiger partial charge in [0.15, 0.2) is 11.6 Å². The predicted octanol–water partition coefficient (Wildman–Crippen LogP) is 4.13. The highest BCUT2D eigenvalue weighted by atomic mass is 19.2. The molecule has 1 aliphatic rings. The molecule has 3 rings (SSSR count). The summed E-state index contributed by atoms with van der Waals surface area (Å²) in [5.74, 6) is -0.967. The molecule has 2 aromatic carbocycles. The van der Waals surface area contributed by atoms with E-state index < -0.39 is 23.6 Å². The Bertz CT molecular complexity index is 857. The van der Waals surface area contributed by atoms with E-state index in [0.29, 0.717) is 18.0 Å². The van der Waals surface area contributed by atoms with Crippen LogP contribution in [0.25, 0.3) is 0 Å². The highest BCUT2D eigenvalue weighted by molar-refractivity contribution is 5.96. The summed E-state index contributed by atoms with van der Waals surface area (Å²) in [5.41, 5.74) is 1.89. The van der Waals surface area contributed by atoms with Crippen molar-refractivity contribution < 1.29 is 23.0 Å². The minimum absolute atomic E-state index is 0.0961. The van der Waals surface area contributed by atoms with Gasteiger partial charge in [-0.3, -0.25) is 4.79 Å². The lowest BCUT2D eigenvalue weighted by atomic mass is 10.1. The topological polar surface area (TPSA) is 59.6 Å². The number of ether oxygens (including phenoxy) is 2. The molecule has 0 unspecified atom stereocenters. The monoisotopic (exact) mass is 376 g/mol. The molecule has 7 heteroatoms. The molecule has 0 saturated carbocycles. The summed E-state index contributed by atoms with van der Waals surface area (Å²) in [5, 5.41) is 5.66. The number of carbonyl (C=O) groups excluding carboxylic acids is 1. The second-order valence-electron chi connectivity index (χ2n) is 6.51. The van der Waals surface area contributed by atoms with Crippen molar-refractivity contribution >= 4 is 17.3 Å². The number of benzene rings is 2. The van der Waals surface area contributed by atoms with Gasteiger partial charge in [0.1, 0.15) is 23.6 Å². The van der Waals surface area contributed by atoms with Gasteiger partial charge in [-0.2, -0.15) is 0 Å². The summed E-state index contributed by atoms with van der Waals surface area (Å²) in [6, 6.07) is 6.31. The van der Waals surface area contributed by atoms with Gasteiger partial charge in [-0.15, -0.1) is 0 Å². The van der Waals surface area contributed by atoms with Crippen molar-refractivity contribution in [3.8, 4) is 11.5 Å². The van der Waals surface area contributed by atoms with Gasteiger partial charge < -0.3 is 20.1 Å². The molecule has 1 aliphatic heterocycles. The molecule has 0 bridgehead atoms. The molecule has 144 valence electrons. The number of nitrogens with one attached hydrogen (secondary N) is 2.